The van der Waals surface area contributed by atoms with Crippen LogP contribution in [0.15, 0.2) is 33.2 Å². The third kappa shape index (κ3) is 6.78. The maximum Gasteiger partial charge on any atom is 0.198 e. The van der Waals surface area contributed by atoms with E-state index in [1.165, 1.54) is 0 Å². The van der Waals surface area contributed by atoms with Crippen molar-refractivity contribution in [1.29, 1.82) is 0 Å². The molecule has 6 heteroatoms. The van der Waals surface area contributed by atoms with Crippen molar-refractivity contribution in [1.82, 2.24) is 0 Å². The Morgan fingerprint density at radius 1 is 1.08 bits per heavy atom. The third-order valence-electron chi connectivity index (χ3n) is 0.824. The smallest absolute Gasteiger partial charge is 0.198 e. The predicted octanol–water partition coefficient (Wildman–Crippen LogP) is 1.68. The highest BCUT2D eigenvalue weighted by atomic mass is 79.9. The van der Waals surface area contributed by atoms with E-state index in [2.05, 4.69) is 37.0 Å². The van der Waals surface area contributed by atoms with Crippen LogP contribution in [0, 0.1) is 0 Å². The van der Waals surface area contributed by atoms with Gasteiger partial charge in [-0.15, -0.1) is 0 Å². The Morgan fingerprint density at radius 3 is 1.50 bits per heavy atom. The summed E-state index contributed by atoms with van der Waals surface area (Å²) in [5.41, 5.74) is 0. The van der Waals surface area contributed by atoms with Crippen LogP contribution in [-0.4, -0.2) is 8.42 Å². The van der Waals surface area contributed by atoms with Crippen LogP contribution in [0.4, 0.5) is 0 Å². The Kier molecular flexibility index (Phi) is 6.64. The van der Waals surface area contributed by atoms with Crippen molar-refractivity contribution in [3.05, 3.63) is 33.2 Å². The molecule has 0 atom stereocenters. The zero-order chi connectivity index (χ0) is 9.56. The van der Waals surface area contributed by atoms with Gasteiger partial charge in [0.1, 0.15) is 0 Å². The van der Waals surface area contributed by atoms with Crippen LogP contribution in [0.3, 0.4) is 0 Å². The molecular formula is C6H7Br2NO2S. The van der Waals surface area contributed by atoms with E-state index in [-0.39, 0.29) is 0 Å². The largest absolute Gasteiger partial charge is 0.231 e. The summed E-state index contributed by atoms with van der Waals surface area (Å²) in [4.78, 5) is 0. The molecule has 0 saturated heterocycles. The maximum absolute atomic E-state index is 8.81. The molecule has 0 aliphatic heterocycles. The minimum absolute atomic E-state index is 1.10. The maximum atomic E-state index is 8.81. The minimum Gasteiger partial charge on any atom is -0.231 e. The number of hydrogen-bond donors (Lipinski definition) is 2. The Morgan fingerprint density at radius 2 is 1.33 bits per heavy atom. The molecule has 12 heavy (non-hydrogen) atoms. The second-order valence-corrected chi connectivity index (χ2v) is 3.98. The first kappa shape index (κ1) is 12.1. The average molecular weight is 317 g/mol. The van der Waals surface area contributed by atoms with Gasteiger partial charge in [-0.2, -0.15) is 0 Å². The topological polar surface area (TPSA) is 60.2 Å². The van der Waals surface area contributed by atoms with Crippen LogP contribution in [-0.2, 0) is 10.9 Å². The summed E-state index contributed by atoms with van der Waals surface area (Å²) in [7, 11) is -2.62. The van der Waals surface area contributed by atoms with Gasteiger partial charge in [-0.3, -0.25) is 0 Å². The van der Waals surface area contributed by atoms with Gasteiger partial charge >= 0.3 is 0 Å². The van der Waals surface area contributed by atoms with E-state index in [4.69, 9.17) is 8.42 Å². The molecule has 0 radical (unpaired) electrons. The minimum atomic E-state index is -2.62. The van der Waals surface area contributed by atoms with Gasteiger partial charge < -0.3 is 0 Å². The van der Waals surface area contributed by atoms with Crippen LogP contribution in [0.25, 0.3) is 0 Å². The Balaban J connectivity index is 0.000000261. The van der Waals surface area contributed by atoms with Crippen molar-refractivity contribution in [2.45, 2.75) is 0 Å². The molecule has 0 heterocycles. The van der Waals surface area contributed by atoms with E-state index in [0.29, 0.717) is 0 Å². The molecule has 0 saturated carbocycles. The van der Waals surface area contributed by atoms with Crippen molar-refractivity contribution in [2.24, 2.45) is 5.14 Å². The van der Waals surface area contributed by atoms with Crippen molar-refractivity contribution >= 4 is 42.8 Å². The summed E-state index contributed by atoms with van der Waals surface area (Å²) >= 11 is 6.70. The SMILES string of the molecule is Brc1ccccc1Br.N[SH](=O)=O. The molecule has 1 aromatic rings. The van der Waals surface area contributed by atoms with Crippen molar-refractivity contribution in [3.8, 4) is 0 Å². The number of hydrogen-bond acceptors (Lipinski definition) is 2. The highest BCUT2D eigenvalue weighted by Crippen LogP contribution is 2.20. The van der Waals surface area contributed by atoms with Crippen molar-refractivity contribution < 1.29 is 8.42 Å². The predicted molar refractivity (Wildman–Crippen MR) is 56.3 cm³/mol. The van der Waals surface area contributed by atoms with Crippen LogP contribution in [0.2, 0.25) is 0 Å². The molecule has 0 aliphatic rings. The third-order valence-corrected chi connectivity index (χ3v) is 2.74. The number of benzene rings is 1. The Bertz CT molecular complexity index is 285. The Labute approximate surface area is 89.3 Å². The van der Waals surface area contributed by atoms with E-state index >= 15 is 0 Å². The lowest BCUT2D eigenvalue weighted by atomic mass is 10.4. The molecule has 3 nitrogen and oxygen atoms in total. The van der Waals surface area contributed by atoms with Crippen LogP contribution >= 0.6 is 31.9 Å². The zero-order valence-corrected chi connectivity index (χ0v) is 9.97. The second-order valence-electron chi connectivity index (χ2n) is 1.70. The lowest BCUT2D eigenvalue weighted by Crippen LogP contribution is -1.85. The van der Waals surface area contributed by atoms with Gasteiger partial charge in [-0.1, -0.05) is 12.1 Å². The highest BCUT2D eigenvalue weighted by molar-refractivity contribution is 9.13. The summed E-state index contributed by atoms with van der Waals surface area (Å²) in [5, 5.41) is 4.06. The molecular weight excluding hydrogens is 310 g/mol. The van der Waals surface area contributed by atoms with Gasteiger partial charge in [0, 0.05) is 8.95 Å². The van der Waals surface area contributed by atoms with E-state index < -0.39 is 10.9 Å². The monoisotopic (exact) mass is 315 g/mol. The molecule has 2 N–H and O–H groups in total. The zero-order valence-electron chi connectivity index (χ0n) is 5.91. The summed E-state index contributed by atoms with van der Waals surface area (Å²) in [5.74, 6) is 0. The highest BCUT2D eigenvalue weighted by Gasteiger charge is 1.88. The summed E-state index contributed by atoms with van der Waals surface area (Å²) in [6.45, 7) is 0. The lowest BCUT2D eigenvalue weighted by Gasteiger charge is -1.89. The second kappa shape index (κ2) is 6.59. The molecule has 0 unspecified atom stereocenters. The molecule has 0 amide bonds. The van der Waals surface area contributed by atoms with E-state index in [1.54, 1.807) is 0 Å². The number of rotatable bonds is 0. The number of halogens is 2. The molecule has 0 bridgehead atoms. The van der Waals surface area contributed by atoms with Crippen LogP contribution in [0.1, 0.15) is 0 Å². The van der Waals surface area contributed by atoms with Crippen molar-refractivity contribution in [3.63, 3.8) is 0 Å². The quantitative estimate of drug-likeness (QED) is 0.715. The van der Waals surface area contributed by atoms with Gasteiger partial charge in [0.15, 0.2) is 10.9 Å². The molecule has 0 fully saturated rings. The van der Waals surface area contributed by atoms with Gasteiger partial charge in [-0.05, 0) is 44.0 Å². The first-order valence-corrected chi connectivity index (χ1v) is 5.66. The molecule has 1 rings (SSSR count). The number of thiol groups is 1. The fraction of sp³-hybridized carbons (Fsp3) is 0. The fourth-order valence-corrected chi connectivity index (χ4v) is 1.01. The fourth-order valence-electron chi connectivity index (χ4n) is 0.439. The normalized spacial score (nSPS) is 9.00. The number of nitrogens with two attached hydrogens (primary N) is 1. The molecule has 0 aliphatic carbocycles. The summed E-state index contributed by atoms with van der Waals surface area (Å²) in [6.07, 6.45) is 0. The van der Waals surface area contributed by atoms with Crippen molar-refractivity contribution in [2.75, 3.05) is 0 Å². The molecule has 68 valence electrons. The van der Waals surface area contributed by atoms with Gasteiger partial charge in [0.25, 0.3) is 0 Å². The van der Waals surface area contributed by atoms with Gasteiger partial charge in [-0.25, -0.2) is 13.6 Å². The van der Waals surface area contributed by atoms with Crippen LogP contribution < -0.4 is 5.14 Å². The first-order valence-electron chi connectivity index (χ1n) is 2.83. The van der Waals surface area contributed by atoms with E-state index in [1.807, 2.05) is 24.3 Å². The summed E-state index contributed by atoms with van der Waals surface area (Å²) in [6, 6.07) is 7.94. The van der Waals surface area contributed by atoms with E-state index in [0.717, 1.165) is 8.95 Å². The van der Waals surface area contributed by atoms with E-state index in [9.17, 15) is 0 Å². The summed E-state index contributed by atoms with van der Waals surface area (Å²) < 4.78 is 19.8. The van der Waals surface area contributed by atoms with Crippen LogP contribution in [0.5, 0.6) is 0 Å². The van der Waals surface area contributed by atoms with Gasteiger partial charge in [0.05, 0.1) is 0 Å². The molecule has 1 aromatic carbocycles. The first-order chi connectivity index (χ1) is 5.54. The van der Waals surface area contributed by atoms with Gasteiger partial charge in [0.2, 0.25) is 0 Å². The standard InChI is InChI=1S/C6H4Br2.H3NO2S/c7-5-3-1-2-4-6(5)8;1-4(2)3/h1-4H;4H,(H2,1,2,3). The molecule has 0 spiro atoms. The Hall–Kier alpha value is 0.0900. The average Bonchev–Trinajstić information content (AvgIpc) is 1.94. The molecule has 0 aromatic heterocycles. The lowest BCUT2D eigenvalue weighted by molar-refractivity contribution is 0.616.